The lowest BCUT2D eigenvalue weighted by Crippen LogP contribution is -2.04. The van der Waals surface area contributed by atoms with Crippen LogP contribution in [0.15, 0.2) is 40.9 Å². The molecule has 0 aliphatic carbocycles. The van der Waals surface area contributed by atoms with Gasteiger partial charge in [-0.25, -0.2) is 0 Å². The van der Waals surface area contributed by atoms with Gasteiger partial charge in [-0.15, -0.1) is 0 Å². The van der Waals surface area contributed by atoms with Gasteiger partial charge < -0.3 is 19.7 Å². The van der Waals surface area contributed by atoms with Crippen molar-refractivity contribution in [2.75, 3.05) is 14.2 Å². The molecule has 0 saturated carbocycles. The molecule has 0 saturated heterocycles. The maximum Gasteiger partial charge on any atom is 0.307 e. The SMILES string of the molecule is COc1ccc(C(=O)/C=C/c2cc(Br)c(O)c(OC)c2)cc1CC(=O)O. The van der Waals surface area contributed by atoms with Crippen LogP contribution >= 0.6 is 15.9 Å². The molecule has 0 radical (unpaired) electrons. The molecular formula is C19H17BrO6. The van der Waals surface area contributed by atoms with Crippen LogP contribution < -0.4 is 9.47 Å². The quantitative estimate of drug-likeness (QED) is 0.523. The summed E-state index contributed by atoms with van der Waals surface area (Å²) in [4.78, 5) is 23.4. The molecule has 2 rings (SSSR count). The van der Waals surface area contributed by atoms with Crippen molar-refractivity contribution in [3.63, 3.8) is 0 Å². The molecule has 0 spiro atoms. The molecule has 0 unspecified atom stereocenters. The summed E-state index contributed by atoms with van der Waals surface area (Å²) in [7, 11) is 2.87. The molecule has 26 heavy (non-hydrogen) atoms. The van der Waals surface area contributed by atoms with Gasteiger partial charge in [0.25, 0.3) is 0 Å². The number of carbonyl (C=O) groups is 2. The highest BCUT2D eigenvalue weighted by Gasteiger charge is 2.12. The Labute approximate surface area is 158 Å². The van der Waals surface area contributed by atoms with Crippen LogP contribution in [0.1, 0.15) is 21.5 Å². The highest BCUT2D eigenvalue weighted by Crippen LogP contribution is 2.35. The number of ether oxygens (including phenoxy) is 2. The van der Waals surface area contributed by atoms with Gasteiger partial charge >= 0.3 is 5.97 Å². The first kappa shape index (κ1) is 19.5. The third-order valence-corrected chi connectivity index (χ3v) is 4.21. The molecule has 0 amide bonds. The normalized spacial score (nSPS) is 10.7. The maximum absolute atomic E-state index is 12.4. The van der Waals surface area contributed by atoms with Crippen molar-refractivity contribution < 1.29 is 29.3 Å². The summed E-state index contributed by atoms with van der Waals surface area (Å²) in [5, 5.41) is 18.8. The molecule has 0 aromatic heterocycles. The summed E-state index contributed by atoms with van der Waals surface area (Å²) < 4.78 is 10.6. The van der Waals surface area contributed by atoms with Crippen LogP contribution in [0, 0.1) is 0 Å². The molecule has 0 bridgehead atoms. The average molecular weight is 421 g/mol. The predicted molar refractivity (Wildman–Crippen MR) is 100 cm³/mol. The van der Waals surface area contributed by atoms with E-state index < -0.39 is 5.97 Å². The average Bonchev–Trinajstić information content (AvgIpc) is 2.61. The second-order valence-electron chi connectivity index (χ2n) is 5.35. The minimum absolute atomic E-state index is 0.0237. The molecule has 0 aliphatic rings. The Balaban J connectivity index is 2.28. The van der Waals surface area contributed by atoms with Crippen LogP contribution in [0.4, 0.5) is 0 Å². The number of hydrogen-bond donors (Lipinski definition) is 2. The lowest BCUT2D eigenvalue weighted by molar-refractivity contribution is -0.136. The van der Waals surface area contributed by atoms with Gasteiger partial charge in [0, 0.05) is 11.1 Å². The highest BCUT2D eigenvalue weighted by atomic mass is 79.9. The van der Waals surface area contributed by atoms with E-state index in [0.717, 1.165) is 0 Å². The van der Waals surface area contributed by atoms with E-state index in [1.54, 1.807) is 30.3 Å². The molecule has 7 heteroatoms. The number of benzene rings is 2. The number of hydrogen-bond acceptors (Lipinski definition) is 5. The second-order valence-corrected chi connectivity index (χ2v) is 6.20. The van der Waals surface area contributed by atoms with Gasteiger partial charge in [0.1, 0.15) is 5.75 Å². The van der Waals surface area contributed by atoms with Crippen molar-refractivity contribution in [1.29, 1.82) is 0 Å². The molecule has 6 nitrogen and oxygen atoms in total. The molecule has 0 heterocycles. The fraction of sp³-hybridized carbons (Fsp3) is 0.158. The minimum atomic E-state index is -1.01. The summed E-state index contributed by atoms with van der Waals surface area (Å²) in [6, 6.07) is 7.88. The van der Waals surface area contributed by atoms with E-state index in [4.69, 9.17) is 14.6 Å². The molecule has 2 aromatic carbocycles. The zero-order chi connectivity index (χ0) is 19.3. The Morgan fingerprint density at radius 1 is 1.12 bits per heavy atom. The van der Waals surface area contributed by atoms with Crippen molar-refractivity contribution in [1.82, 2.24) is 0 Å². The predicted octanol–water partition coefficient (Wildman–Crippen LogP) is 3.70. The summed E-state index contributed by atoms with van der Waals surface area (Å²) in [6.45, 7) is 0. The maximum atomic E-state index is 12.4. The Morgan fingerprint density at radius 2 is 1.81 bits per heavy atom. The van der Waals surface area contributed by atoms with Crippen LogP contribution in [0.5, 0.6) is 17.2 Å². The third kappa shape index (κ3) is 4.64. The Hall–Kier alpha value is -2.80. The van der Waals surface area contributed by atoms with Gasteiger partial charge in [-0.05, 0) is 57.9 Å². The zero-order valence-electron chi connectivity index (χ0n) is 14.2. The molecule has 0 aliphatic heterocycles. The lowest BCUT2D eigenvalue weighted by atomic mass is 10.0. The van der Waals surface area contributed by atoms with Gasteiger partial charge in [-0.1, -0.05) is 6.08 Å². The molecule has 136 valence electrons. The number of allylic oxidation sites excluding steroid dienone is 1. The van der Waals surface area contributed by atoms with Crippen LogP contribution in [-0.2, 0) is 11.2 Å². The van der Waals surface area contributed by atoms with E-state index in [0.29, 0.717) is 26.9 Å². The van der Waals surface area contributed by atoms with Gasteiger partial charge in [0.15, 0.2) is 17.3 Å². The van der Waals surface area contributed by atoms with Gasteiger partial charge in [-0.3, -0.25) is 9.59 Å². The molecule has 2 aromatic rings. The van der Waals surface area contributed by atoms with Crippen molar-refractivity contribution in [2.45, 2.75) is 6.42 Å². The summed E-state index contributed by atoms with van der Waals surface area (Å²) >= 11 is 3.22. The van der Waals surface area contributed by atoms with Crippen molar-refractivity contribution in [2.24, 2.45) is 0 Å². The largest absolute Gasteiger partial charge is 0.503 e. The number of carboxylic acids is 1. The Kier molecular flexibility index (Phi) is 6.41. The lowest BCUT2D eigenvalue weighted by Gasteiger charge is -2.08. The number of phenolic OH excluding ortho intramolecular Hbond substituents is 1. The minimum Gasteiger partial charge on any atom is -0.503 e. The number of carbonyl (C=O) groups excluding carboxylic acids is 1. The number of phenols is 1. The molecule has 0 fully saturated rings. The van der Waals surface area contributed by atoms with Crippen LogP contribution in [0.3, 0.4) is 0 Å². The smallest absolute Gasteiger partial charge is 0.307 e. The van der Waals surface area contributed by atoms with Crippen LogP contribution in [0.2, 0.25) is 0 Å². The summed E-state index contributed by atoms with van der Waals surface area (Å²) in [6.07, 6.45) is 2.71. The second kappa shape index (κ2) is 8.53. The van der Waals surface area contributed by atoms with E-state index >= 15 is 0 Å². The molecular weight excluding hydrogens is 404 g/mol. The van der Waals surface area contributed by atoms with Crippen LogP contribution in [-0.4, -0.2) is 36.2 Å². The summed E-state index contributed by atoms with van der Waals surface area (Å²) in [5.41, 5.74) is 1.43. The first-order chi connectivity index (χ1) is 12.3. The number of aliphatic carboxylic acids is 1. The van der Waals surface area contributed by atoms with Gasteiger partial charge in [0.05, 0.1) is 25.1 Å². The molecule has 0 atom stereocenters. The first-order valence-corrected chi connectivity index (χ1v) is 8.32. The van der Waals surface area contributed by atoms with Gasteiger partial charge in [-0.2, -0.15) is 0 Å². The van der Waals surface area contributed by atoms with E-state index in [-0.39, 0.29) is 23.7 Å². The van der Waals surface area contributed by atoms with E-state index in [1.807, 2.05) is 0 Å². The number of rotatable bonds is 7. The zero-order valence-corrected chi connectivity index (χ0v) is 15.7. The van der Waals surface area contributed by atoms with E-state index in [2.05, 4.69) is 15.9 Å². The van der Waals surface area contributed by atoms with Gasteiger partial charge in [0.2, 0.25) is 0 Å². The number of methoxy groups -OCH3 is 2. The number of halogens is 1. The fourth-order valence-corrected chi connectivity index (χ4v) is 2.81. The number of carboxylic acid groups (broad SMARTS) is 1. The Bertz CT molecular complexity index is 873. The fourth-order valence-electron chi connectivity index (χ4n) is 2.35. The van der Waals surface area contributed by atoms with Crippen molar-refractivity contribution >= 4 is 33.8 Å². The number of aromatic hydroxyl groups is 1. The van der Waals surface area contributed by atoms with Crippen molar-refractivity contribution in [3.8, 4) is 17.2 Å². The highest BCUT2D eigenvalue weighted by molar-refractivity contribution is 9.10. The topological polar surface area (TPSA) is 93.1 Å². The Morgan fingerprint density at radius 3 is 2.42 bits per heavy atom. The van der Waals surface area contributed by atoms with E-state index in [9.17, 15) is 14.7 Å². The van der Waals surface area contributed by atoms with Crippen LogP contribution in [0.25, 0.3) is 6.08 Å². The first-order valence-electron chi connectivity index (χ1n) is 7.53. The number of ketones is 1. The summed E-state index contributed by atoms with van der Waals surface area (Å²) in [5.74, 6) is -0.629. The standard InChI is InChI=1S/C19H17BrO6/c1-25-16-6-4-12(9-13(16)10-18(22)23)15(21)5-3-11-7-14(20)19(24)17(8-11)26-2/h3-9,24H,10H2,1-2H3,(H,22,23)/b5-3+. The third-order valence-electron chi connectivity index (χ3n) is 3.60. The monoisotopic (exact) mass is 420 g/mol. The molecule has 2 N–H and O–H groups in total. The van der Waals surface area contributed by atoms with Crippen molar-refractivity contribution in [3.05, 3.63) is 57.6 Å². The van der Waals surface area contributed by atoms with E-state index in [1.165, 1.54) is 26.4 Å².